The monoisotopic (exact) mass is 246 g/mol. The molecule has 0 N–H and O–H groups in total. The molecule has 0 spiro atoms. The summed E-state index contributed by atoms with van der Waals surface area (Å²) < 4.78 is 20.1. The summed E-state index contributed by atoms with van der Waals surface area (Å²) in [5.74, 6) is 0. The van der Waals surface area contributed by atoms with Crippen molar-refractivity contribution in [3.05, 3.63) is 0 Å². The van der Waals surface area contributed by atoms with Crippen molar-refractivity contribution in [2.75, 3.05) is 39.6 Å². The number of hydrogen-bond donors (Lipinski definition) is 0. The summed E-state index contributed by atoms with van der Waals surface area (Å²) in [4.78, 5) is 0. The molecule has 0 amide bonds. The number of epoxide rings is 2. The molecule has 3 aliphatic heterocycles. The predicted molar refractivity (Wildman–Crippen MR) is 66.3 cm³/mol. The summed E-state index contributed by atoms with van der Waals surface area (Å²) in [5.41, 5.74) is 0. The van der Waals surface area contributed by atoms with Crippen molar-refractivity contribution in [1.29, 1.82) is 0 Å². The van der Waals surface area contributed by atoms with Crippen LogP contribution >= 0.6 is 0 Å². The van der Waals surface area contributed by atoms with E-state index in [1.807, 2.05) is 0 Å². The van der Waals surface area contributed by atoms with Crippen LogP contribution in [-0.2, 0) is 18.9 Å². The average molecular weight is 246 g/mol. The maximum Gasteiger partial charge on any atom is 0.104 e. The second-order valence-electron chi connectivity index (χ2n) is 4.47. The van der Waals surface area contributed by atoms with E-state index in [-0.39, 0.29) is 0 Å². The third-order valence-corrected chi connectivity index (χ3v) is 2.24. The van der Waals surface area contributed by atoms with Gasteiger partial charge in [-0.15, -0.1) is 0 Å². The molecule has 0 aromatic heterocycles. The van der Waals surface area contributed by atoms with E-state index in [9.17, 15) is 0 Å². The highest BCUT2D eigenvalue weighted by atomic mass is 16.6. The lowest BCUT2D eigenvalue weighted by molar-refractivity contribution is 0.102. The normalized spacial score (nSPS) is 28.6. The first-order valence-corrected chi connectivity index (χ1v) is 6.75. The molecular weight excluding hydrogens is 220 g/mol. The van der Waals surface area contributed by atoms with Crippen LogP contribution < -0.4 is 0 Å². The van der Waals surface area contributed by atoms with Gasteiger partial charge in [0.15, 0.2) is 0 Å². The smallest absolute Gasteiger partial charge is 0.104 e. The summed E-state index contributed by atoms with van der Waals surface area (Å²) in [6, 6.07) is 0. The van der Waals surface area contributed by atoms with E-state index < -0.39 is 0 Å². The molecule has 3 fully saturated rings. The molecule has 0 radical (unpaired) electrons. The zero-order valence-electron chi connectivity index (χ0n) is 11.2. The molecule has 0 aromatic rings. The predicted octanol–water partition coefficient (Wildman–Crippen LogP) is 2.01. The van der Waals surface area contributed by atoms with Gasteiger partial charge in [0.2, 0.25) is 0 Å². The molecule has 4 nitrogen and oxygen atoms in total. The average Bonchev–Trinajstić information content (AvgIpc) is 3.25. The Morgan fingerprint density at radius 1 is 0.941 bits per heavy atom. The van der Waals surface area contributed by atoms with Crippen molar-refractivity contribution >= 4 is 0 Å². The Kier molecular flexibility index (Phi) is 8.61. The van der Waals surface area contributed by atoms with Crippen molar-refractivity contribution < 1.29 is 18.9 Å². The zero-order valence-corrected chi connectivity index (χ0v) is 11.2. The summed E-state index contributed by atoms with van der Waals surface area (Å²) >= 11 is 0. The maximum atomic E-state index is 5.23. The number of hydrogen-bond acceptors (Lipinski definition) is 4. The van der Waals surface area contributed by atoms with Gasteiger partial charge < -0.3 is 18.9 Å². The second kappa shape index (κ2) is 9.83. The summed E-state index contributed by atoms with van der Waals surface area (Å²) in [5, 5.41) is 0. The SMILES string of the molecule is C(OCC1CO1)C1CO1.C1CCOC1.CCC. The molecule has 3 rings (SSSR count). The lowest BCUT2D eigenvalue weighted by atomic mass is 10.4. The summed E-state index contributed by atoms with van der Waals surface area (Å²) in [7, 11) is 0. The molecule has 2 atom stereocenters. The minimum absolute atomic E-state index is 0.392. The highest BCUT2D eigenvalue weighted by Gasteiger charge is 2.26. The topological polar surface area (TPSA) is 43.5 Å². The number of ether oxygens (including phenoxy) is 4. The Bertz CT molecular complexity index is 143. The van der Waals surface area contributed by atoms with Gasteiger partial charge in [0.05, 0.1) is 26.4 Å². The van der Waals surface area contributed by atoms with E-state index in [0.717, 1.165) is 39.6 Å². The third-order valence-electron chi connectivity index (χ3n) is 2.24. The highest BCUT2D eigenvalue weighted by molar-refractivity contribution is 4.71. The fraction of sp³-hybridized carbons (Fsp3) is 1.00. The molecule has 4 heteroatoms. The Balaban J connectivity index is 0.000000154. The first kappa shape index (κ1) is 14.9. The van der Waals surface area contributed by atoms with Gasteiger partial charge in [-0.2, -0.15) is 0 Å². The standard InChI is InChI=1S/C6H10O3.C4H8O.C3H8/c1(5-3-8-5)7-2-6-4-9-6;1-2-4-5-3-1;1-3-2/h5-6H,1-4H2;1-4H2;3H2,1-2H3. The van der Waals surface area contributed by atoms with E-state index >= 15 is 0 Å². The van der Waals surface area contributed by atoms with Gasteiger partial charge in [0.1, 0.15) is 12.2 Å². The minimum atomic E-state index is 0.392. The maximum absolute atomic E-state index is 5.23. The van der Waals surface area contributed by atoms with E-state index in [2.05, 4.69) is 13.8 Å². The van der Waals surface area contributed by atoms with Crippen LogP contribution in [0.3, 0.4) is 0 Å². The summed E-state index contributed by atoms with van der Waals surface area (Å²) in [6.45, 7) is 9.51. The first-order chi connectivity index (χ1) is 8.36. The van der Waals surface area contributed by atoms with E-state index in [1.54, 1.807) is 0 Å². The first-order valence-electron chi connectivity index (χ1n) is 6.75. The molecular formula is C13H26O4. The van der Waals surface area contributed by atoms with Crippen molar-refractivity contribution in [3.8, 4) is 0 Å². The second-order valence-corrected chi connectivity index (χ2v) is 4.47. The Morgan fingerprint density at radius 2 is 1.35 bits per heavy atom. The van der Waals surface area contributed by atoms with E-state index in [0.29, 0.717) is 12.2 Å². The van der Waals surface area contributed by atoms with Crippen LogP contribution in [0.15, 0.2) is 0 Å². The van der Waals surface area contributed by atoms with Crippen molar-refractivity contribution in [1.82, 2.24) is 0 Å². The van der Waals surface area contributed by atoms with Crippen molar-refractivity contribution in [2.45, 2.75) is 45.3 Å². The molecule has 0 aliphatic carbocycles. The third kappa shape index (κ3) is 10.7. The van der Waals surface area contributed by atoms with Gasteiger partial charge in [0, 0.05) is 13.2 Å². The Hall–Kier alpha value is -0.160. The van der Waals surface area contributed by atoms with Crippen LogP contribution in [0.5, 0.6) is 0 Å². The van der Waals surface area contributed by atoms with Crippen molar-refractivity contribution in [2.24, 2.45) is 0 Å². The molecule has 3 saturated heterocycles. The van der Waals surface area contributed by atoms with Crippen LogP contribution in [0.25, 0.3) is 0 Å². The lowest BCUT2D eigenvalue weighted by Crippen LogP contribution is -2.06. The van der Waals surface area contributed by atoms with E-state index in [1.165, 1.54) is 19.3 Å². The molecule has 102 valence electrons. The van der Waals surface area contributed by atoms with Gasteiger partial charge in [-0.3, -0.25) is 0 Å². The highest BCUT2D eigenvalue weighted by Crippen LogP contribution is 2.12. The lowest BCUT2D eigenvalue weighted by Gasteiger charge is -1.95. The van der Waals surface area contributed by atoms with Crippen molar-refractivity contribution in [3.63, 3.8) is 0 Å². The van der Waals surface area contributed by atoms with Gasteiger partial charge in [0.25, 0.3) is 0 Å². The number of rotatable bonds is 4. The minimum Gasteiger partial charge on any atom is -0.381 e. The van der Waals surface area contributed by atoms with Crippen LogP contribution in [0.2, 0.25) is 0 Å². The molecule has 3 aliphatic rings. The van der Waals surface area contributed by atoms with Gasteiger partial charge in [-0.1, -0.05) is 20.3 Å². The van der Waals surface area contributed by atoms with Gasteiger partial charge in [-0.25, -0.2) is 0 Å². The fourth-order valence-corrected chi connectivity index (χ4v) is 1.17. The molecule has 0 aromatic carbocycles. The molecule has 17 heavy (non-hydrogen) atoms. The summed E-state index contributed by atoms with van der Waals surface area (Å²) in [6.07, 6.45) is 4.59. The molecule has 3 heterocycles. The Morgan fingerprint density at radius 3 is 1.59 bits per heavy atom. The molecule has 0 saturated carbocycles. The largest absolute Gasteiger partial charge is 0.381 e. The van der Waals surface area contributed by atoms with Crippen LogP contribution in [-0.4, -0.2) is 51.8 Å². The van der Waals surface area contributed by atoms with E-state index in [4.69, 9.17) is 18.9 Å². The van der Waals surface area contributed by atoms with Crippen LogP contribution in [0.1, 0.15) is 33.1 Å². The van der Waals surface area contributed by atoms with Gasteiger partial charge >= 0.3 is 0 Å². The molecule has 0 bridgehead atoms. The zero-order chi connectivity index (χ0) is 12.3. The van der Waals surface area contributed by atoms with Gasteiger partial charge in [-0.05, 0) is 12.8 Å². The van der Waals surface area contributed by atoms with Crippen LogP contribution in [0.4, 0.5) is 0 Å². The fourth-order valence-electron chi connectivity index (χ4n) is 1.17. The Labute approximate surface area is 105 Å². The van der Waals surface area contributed by atoms with Crippen LogP contribution in [0, 0.1) is 0 Å². The quantitative estimate of drug-likeness (QED) is 0.712. The molecule has 2 unspecified atom stereocenters.